The SMILES string of the molecule is CS(=O)(=O)c1ccc(N(C(N)=O)c2ccccc2Oc2cc(-c3cccnc3)cnc2N)cc1. The summed E-state index contributed by atoms with van der Waals surface area (Å²) in [6, 6.07) is 17.2. The molecule has 0 aliphatic heterocycles. The minimum absolute atomic E-state index is 0.122. The largest absolute Gasteiger partial charge is 0.451 e. The lowest BCUT2D eigenvalue weighted by Gasteiger charge is -2.23. The number of urea groups is 1. The van der Waals surface area contributed by atoms with Gasteiger partial charge in [-0.15, -0.1) is 0 Å². The molecule has 0 radical (unpaired) electrons. The van der Waals surface area contributed by atoms with Gasteiger partial charge in [0, 0.05) is 36.0 Å². The number of hydrogen-bond donors (Lipinski definition) is 2. The Labute approximate surface area is 196 Å². The molecule has 4 aromatic rings. The van der Waals surface area contributed by atoms with Crippen LogP contribution < -0.4 is 21.1 Å². The molecule has 0 bridgehead atoms. The van der Waals surface area contributed by atoms with E-state index < -0.39 is 15.9 Å². The minimum Gasteiger partial charge on any atom is -0.451 e. The van der Waals surface area contributed by atoms with E-state index in [1.165, 1.54) is 29.2 Å². The number of nitrogens with zero attached hydrogens (tertiary/aromatic N) is 3. The summed E-state index contributed by atoms with van der Waals surface area (Å²) in [5.74, 6) is 0.738. The van der Waals surface area contributed by atoms with E-state index in [4.69, 9.17) is 16.2 Å². The topological polar surface area (TPSA) is 142 Å². The number of primary amides is 1. The van der Waals surface area contributed by atoms with E-state index in [9.17, 15) is 13.2 Å². The van der Waals surface area contributed by atoms with Gasteiger partial charge in [0.2, 0.25) is 0 Å². The second kappa shape index (κ2) is 9.20. The van der Waals surface area contributed by atoms with Gasteiger partial charge in [0.05, 0.1) is 16.3 Å². The van der Waals surface area contributed by atoms with Crippen LogP contribution in [0, 0.1) is 0 Å². The van der Waals surface area contributed by atoms with Crippen molar-refractivity contribution in [2.45, 2.75) is 4.90 Å². The maximum atomic E-state index is 12.4. The molecule has 2 aromatic heterocycles. The fraction of sp³-hybridized carbons (Fsp3) is 0.0417. The second-order valence-electron chi connectivity index (χ2n) is 7.36. The molecule has 0 aliphatic rings. The molecule has 0 unspecified atom stereocenters. The average Bonchev–Trinajstić information content (AvgIpc) is 2.82. The third kappa shape index (κ3) is 4.81. The van der Waals surface area contributed by atoms with E-state index >= 15 is 0 Å². The molecule has 2 amide bonds. The zero-order valence-corrected chi connectivity index (χ0v) is 18.9. The molecule has 0 spiro atoms. The predicted octanol–water partition coefficient (Wildman–Crippen LogP) is 4.14. The van der Waals surface area contributed by atoms with Gasteiger partial charge in [0.25, 0.3) is 0 Å². The Morgan fingerprint density at radius 2 is 1.68 bits per heavy atom. The summed E-state index contributed by atoms with van der Waals surface area (Å²) in [5.41, 5.74) is 14.0. The number of carbonyl (C=O) groups excluding carboxylic acids is 1. The number of hydrogen-bond acceptors (Lipinski definition) is 7. The van der Waals surface area contributed by atoms with Crippen LogP contribution in [0.2, 0.25) is 0 Å². The first-order chi connectivity index (χ1) is 16.2. The van der Waals surface area contributed by atoms with Crippen molar-refractivity contribution in [1.82, 2.24) is 9.97 Å². The molecule has 0 fully saturated rings. The van der Waals surface area contributed by atoms with Crippen LogP contribution >= 0.6 is 0 Å². The molecular weight excluding hydrogens is 454 g/mol. The van der Waals surface area contributed by atoms with Crippen molar-refractivity contribution >= 4 is 33.1 Å². The number of nitrogen functional groups attached to an aromatic ring is 1. The van der Waals surface area contributed by atoms with Crippen molar-refractivity contribution in [2.75, 3.05) is 16.9 Å². The molecule has 0 atom stereocenters. The van der Waals surface area contributed by atoms with Crippen LogP contribution in [0.15, 0.2) is 90.2 Å². The number of para-hydroxylation sites is 2. The van der Waals surface area contributed by atoms with Gasteiger partial charge in [0.15, 0.2) is 27.2 Å². The van der Waals surface area contributed by atoms with Gasteiger partial charge >= 0.3 is 6.03 Å². The van der Waals surface area contributed by atoms with Crippen LogP contribution in [0.25, 0.3) is 11.1 Å². The standard InChI is InChI=1S/C24H21N5O4S/c1-34(31,32)19-10-8-18(9-11-19)29(24(26)30)20-6-2-3-7-21(20)33-22-13-17(15-28-23(22)25)16-5-4-12-27-14-16/h2-15H,1H3,(H2,25,28)(H2,26,30). The normalized spacial score (nSPS) is 11.1. The van der Waals surface area contributed by atoms with Crippen molar-refractivity contribution in [3.05, 3.63) is 85.3 Å². The number of ether oxygens (including phenoxy) is 1. The Morgan fingerprint density at radius 1 is 0.941 bits per heavy atom. The molecule has 34 heavy (non-hydrogen) atoms. The van der Waals surface area contributed by atoms with E-state index in [0.29, 0.717) is 17.1 Å². The van der Waals surface area contributed by atoms with Crippen molar-refractivity contribution in [3.8, 4) is 22.6 Å². The Balaban J connectivity index is 1.73. The predicted molar refractivity (Wildman–Crippen MR) is 130 cm³/mol. The zero-order valence-electron chi connectivity index (χ0n) is 18.1. The number of nitrogens with two attached hydrogens (primary N) is 2. The number of pyridine rings is 2. The van der Waals surface area contributed by atoms with E-state index in [0.717, 1.165) is 17.4 Å². The molecular formula is C24H21N5O4S. The summed E-state index contributed by atoms with van der Waals surface area (Å²) >= 11 is 0. The summed E-state index contributed by atoms with van der Waals surface area (Å²) < 4.78 is 29.7. The number of benzene rings is 2. The maximum absolute atomic E-state index is 12.4. The Hall–Kier alpha value is -4.44. The van der Waals surface area contributed by atoms with Crippen LogP contribution in [0.5, 0.6) is 11.5 Å². The highest BCUT2D eigenvalue weighted by atomic mass is 32.2. The maximum Gasteiger partial charge on any atom is 0.324 e. The van der Waals surface area contributed by atoms with Crippen molar-refractivity contribution in [1.29, 1.82) is 0 Å². The number of anilines is 3. The van der Waals surface area contributed by atoms with Crippen molar-refractivity contribution in [2.24, 2.45) is 5.73 Å². The lowest BCUT2D eigenvalue weighted by Crippen LogP contribution is -2.31. The van der Waals surface area contributed by atoms with Gasteiger partial charge in [-0.3, -0.25) is 9.88 Å². The highest BCUT2D eigenvalue weighted by molar-refractivity contribution is 7.90. The first-order valence-electron chi connectivity index (χ1n) is 10.1. The van der Waals surface area contributed by atoms with Crippen molar-refractivity contribution < 1.29 is 17.9 Å². The van der Waals surface area contributed by atoms with Crippen LogP contribution in [-0.2, 0) is 9.84 Å². The highest BCUT2D eigenvalue weighted by Gasteiger charge is 2.21. The van der Waals surface area contributed by atoms with Gasteiger partial charge in [-0.2, -0.15) is 0 Å². The van der Waals surface area contributed by atoms with Gasteiger partial charge in [-0.05, 0) is 48.5 Å². The third-order valence-corrected chi connectivity index (χ3v) is 6.07. The van der Waals surface area contributed by atoms with Crippen LogP contribution in [0.4, 0.5) is 22.0 Å². The average molecular weight is 476 g/mol. The van der Waals surface area contributed by atoms with Gasteiger partial charge in [-0.25, -0.2) is 18.2 Å². The Morgan fingerprint density at radius 3 is 2.32 bits per heavy atom. The van der Waals surface area contributed by atoms with Gasteiger partial charge in [0.1, 0.15) is 0 Å². The summed E-state index contributed by atoms with van der Waals surface area (Å²) in [6.45, 7) is 0. The fourth-order valence-corrected chi connectivity index (χ4v) is 3.93. The highest BCUT2D eigenvalue weighted by Crippen LogP contribution is 2.38. The first kappa shape index (κ1) is 22.7. The molecule has 4 N–H and O–H groups in total. The Bertz CT molecular complexity index is 1440. The lowest BCUT2D eigenvalue weighted by atomic mass is 10.1. The number of carbonyl (C=O) groups is 1. The molecule has 0 saturated carbocycles. The van der Waals surface area contributed by atoms with Gasteiger partial charge in [-0.1, -0.05) is 18.2 Å². The van der Waals surface area contributed by atoms with Crippen LogP contribution in [-0.4, -0.2) is 30.7 Å². The first-order valence-corrected chi connectivity index (χ1v) is 12.0. The Kier molecular flexibility index (Phi) is 6.15. The fourth-order valence-electron chi connectivity index (χ4n) is 3.30. The van der Waals surface area contributed by atoms with Crippen LogP contribution in [0.1, 0.15) is 0 Å². The van der Waals surface area contributed by atoms with Crippen molar-refractivity contribution in [3.63, 3.8) is 0 Å². The van der Waals surface area contributed by atoms with E-state index in [1.54, 1.807) is 55.0 Å². The van der Waals surface area contributed by atoms with E-state index in [-0.39, 0.29) is 16.5 Å². The second-order valence-corrected chi connectivity index (χ2v) is 9.37. The van der Waals surface area contributed by atoms with Gasteiger partial charge < -0.3 is 16.2 Å². The molecule has 172 valence electrons. The molecule has 10 heteroatoms. The summed E-state index contributed by atoms with van der Waals surface area (Å²) in [4.78, 5) is 22.1. The molecule has 0 aliphatic carbocycles. The monoisotopic (exact) mass is 475 g/mol. The van der Waals surface area contributed by atoms with E-state index in [2.05, 4.69) is 9.97 Å². The van der Waals surface area contributed by atoms with E-state index in [1.807, 2.05) is 6.07 Å². The number of aromatic nitrogens is 2. The number of sulfone groups is 1. The summed E-state index contributed by atoms with van der Waals surface area (Å²) in [5, 5.41) is 0. The quantitative estimate of drug-likeness (QED) is 0.427. The summed E-state index contributed by atoms with van der Waals surface area (Å²) in [7, 11) is -3.40. The number of amides is 2. The molecule has 9 nitrogen and oxygen atoms in total. The number of rotatable bonds is 6. The minimum atomic E-state index is -3.40. The third-order valence-electron chi connectivity index (χ3n) is 4.95. The lowest BCUT2D eigenvalue weighted by molar-refractivity contribution is 0.256. The smallest absolute Gasteiger partial charge is 0.324 e. The van der Waals surface area contributed by atoms with Crippen LogP contribution in [0.3, 0.4) is 0 Å². The molecule has 2 aromatic carbocycles. The molecule has 2 heterocycles. The molecule has 4 rings (SSSR count). The summed E-state index contributed by atoms with van der Waals surface area (Å²) in [6.07, 6.45) is 6.09. The zero-order chi connectivity index (χ0) is 24.3. The molecule has 0 saturated heterocycles.